The summed E-state index contributed by atoms with van der Waals surface area (Å²) in [6.07, 6.45) is 1.25. The van der Waals surface area contributed by atoms with Crippen LogP contribution in [0.3, 0.4) is 0 Å². The van der Waals surface area contributed by atoms with Crippen LogP contribution in [0, 0.1) is 0 Å². The maximum atomic E-state index is 11.5. The molecular weight excluding hydrogens is 292 g/mol. The van der Waals surface area contributed by atoms with E-state index in [1.165, 1.54) is 10.6 Å². The van der Waals surface area contributed by atoms with Crippen LogP contribution in [0.2, 0.25) is 0 Å². The second kappa shape index (κ2) is 5.66. The van der Waals surface area contributed by atoms with E-state index in [2.05, 4.69) is 15.0 Å². The molecule has 120 valence electrons. The van der Waals surface area contributed by atoms with Gasteiger partial charge in [-0.15, -0.1) is 0 Å². The summed E-state index contributed by atoms with van der Waals surface area (Å²) in [7, 11) is -3.10. The zero-order valence-electron chi connectivity index (χ0n) is 13.3. The third-order valence-electron chi connectivity index (χ3n) is 3.76. The summed E-state index contributed by atoms with van der Waals surface area (Å²) in [5.74, 6) is 1.28. The maximum absolute atomic E-state index is 11.5. The van der Waals surface area contributed by atoms with Crippen molar-refractivity contribution in [2.75, 3.05) is 32.4 Å². The zero-order chi connectivity index (χ0) is 15.8. The number of hydrogen-bond donors (Lipinski definition) is 0. The van der Waals surface area contributed by atoms with Gasteiger partial charge in [0.05, 0.1) is 12.3 Å². The highest BCUT2D eigenvalue weighted by Gasteiger charge is 2.30. The molecule has 0 spiro atoms. The van der Waals surface area contributed by atoms with Gasteiger partial charge in [-0.3, -0.25) is 4.90 Å². The van der Waals surface area contributed by atoms with E-state index in [1.54, 1.807) is 0 Å². The van der Waals surface area contributed by atoms with Crippen LogP contribution in [-0.2, 0) is 15.4 Å². The summed E-state index contributed by atoms with van der Waals surface area (Å²) in [6, 6.07) is -0.00434. The summed E-state index contributed by atoms with van der Waals surface area (Å²) >= 11 is 0. The zero-order valence-corrected chi connectivity index (χ0v) is 14.1. The Morgan fingerprint density at radius 1 is 1.19 bits per heavy atom. The van der Waals surface area contributed by atoms with Crippen molar-refractivity contribution in [3.63, 3.8) is 0 Å². The smallest absolute Gasteiger partial charge is 0.243 e. The first-order valence-corrected chi connectivity index (χ1v) is 8.97. The highest BCUT2D eigenvalue weighted by molar-refractivity contribution is 7.88. The maximum Gasteiger partial charge on any atom is 0.243 e. The molecular formula is C13H24N4O3S. The second-order valence-corrected chi connectivity index (χ2v) is 8.56. The third-order valence-corrected chi connectivity index (χ3v) is 5.06. The number of rotatable bonds is 3. The Labute approximate surface area is 126 Å². The van der Waals surface area contributed by atoms with Gasteiger partial charge in [-0.05, 0) is 6.92 Å². The minimum atomic E-state index is -3.10. The molecule has 1 aromatic rings. The lowest BCUT2D eigenvalue weighted by Gasteiger charge is -2.35. The summed E-state index contributed by atoms with van der Waals surface area (Å²) in [4.78, 5) is 6.64. The minimum Gasteiger partial charge on any atom is -0.338 e. The van der Waals surface area contributed by atoms with Crippen LogP contribution < -0.4 is 0 Å². The highest BCUT2D eigenvalue weighted by Crippen LogP contribution is 2.24. The molecule has 0 aliphatic carbocycles. The van der Waals surface area contributed by atoms with E-state index in [0.29, 0.717) is 37.9 Å². The fourth-order valence-electron chi connectivity index (χ4n) is 2.29. The van der Waals surface area contributed by atoms with Crippen LogP contribution >= 0.6 is 0 Å². The van der Waals surface area contributed by atoms with E-state index in [1.807, 2.05) is 27.7 Å². The molecule has 1 fully saturated rings. The average molecular weight is 316 g/mol. The Bertz CT molecular complexity index is 583. The molecule has 8 heteroatoms. The van der Waals surface area contributed by atoms with Crippen LogP contribution in [0.15, 0.2) is 4.52 Å². The number of nitrogens with zero attached hydrogens (tertiary/aromatic N) is 4. The van der Waals surface area contributed by atoms with Gasteiger partial charge in [0.2, 0.25) is 15.9 Å². The van der Waals surface area contributed by atoms with Gasteiger partial charge in [-0.2, -0.15) is 9.29 Å². The lowest BCUT2D eigenvalue weighted by Crippen LogP contribution is -2.48. The van der Waals surface area contributed by atoms with Crippen LogP contribution in [-0.4, -0.2) is 60.2 Å². The molecule has 2 rings (SSSR count). The Hall–Kier alpha value is -0.990. The fourth-order valence-corrected chi connectivity index (χ4v) is 3.11. The van der Waals surface area contributed by atoms with Crippen LogP contribution in [0.5, 0.6) is 0 Å². The van der Waals surface area contributed by atoms with Crippen molar-refractivity contribution in [1.29, 1.82) is 0 Å². The molecule has 1 aliphatic rings. The summed E-state index contributed by atoms with van der Waals surface area (Å²) in [5, 5.41) is 4.04. The standard InChI is InChI=1S/C13H24N4O3S/c1-10(11-14-12(15-20-11)13(2,3)4)16-6-8-17(9-7-16)21(5,18)19/h10H,6-9H2,1-5H3/t10-/m0/s1. The fraction of sp³-hybridized carbons (Fsp3) is 0.846. The van der Waals surface area contributed by atoms with Crippen LogP contribution in [0.4, 0.5) is 0 Å². The molecule has 0 radical (unpaired) electrons. The topological polar surface area (TPSA) is 79.5 Å². The third kappa shape index (κ3) is 3.81. The SMILES string of the molecule is C[C@@H](c1nc(C(C)(C)C)no1)N1CCN(S(C)(=O)=O)CC1. The van der Waals surface area contributed by atoms with E-state index < -0.39 is 10.0 Å². The van der Waals surface area contributed by atoms with Crippen molar-refractivity contribution in [2.45, 2.75) is 39.2 Å². The van der Waals surface area contributed by atoms with Gasteiger partial charge in [0.25, 0.3) is 0 Å². The molecule has 0 aromatic carbocycles. The molecule has 21 heavy (non-hydrogen) atoms. The summed E-state index contributed by atoms with van der Waals surface area (Å²) < 4.78 is 29.9. The van der Waals surface area contributed by atoms with Gasteiger partial charge < -0.3 is 4.52 Å². The Balaban J connectivity index is 2.02. The number of hydrogen-bond acceptors (Lipinski definition) is 6. The van der Waals surface area contributed by atoms with Crippen molar-refractivity contribution in [2.24, 2.45) is 0 Å². The molecule has 7 nitrogen and oxygen atoms in total. The molecule has 0 amide bonds. The Morgan fingerprint density at radius 2 is 1.76 bits per heavy atom. The predicted molar refractivity (Wildman–Crippen MR) is 79.4 cm³/mol. The first-order valence-electron chi connectivity index (χ1n) is 7.12. The molecule has 1 aliphatic heterocycles. The number of sulfonamides is 1. The van der Waals surface area contributed by atoms with E-state index in [4.69, 9.17) is 4.52 Å². The van der Waals surface area contributed by atoms with Crippen LogP contribution in [0.25, 0.3) is 0 Å². The highest BCUT2D eigenvalue weighted by atomic mass is 32.2. The first kappa shape index (κ1) is 16.4. The monoisotopic (exact) mass is 316 g/mol. The molecule has 0 saturated carbocycles. The summed E-state index contributed by atoms with van der Waals surface area (Å²) in [5.41, 5.74) is -0.142. The molecule has 1 saturated heterocycles. The molecule has 1 aromatic heterocycles. The van der Waals surface area contributed by atoms with E-state index in [9.17, 15) is 8.42 Å². The molecule has 0 bridgehead atoms. The van der Waals surface area contributed by atoms with E-state index in [0.717, 1.165) is 0 Å². The second-order valence-electron chi connectivity index (χ2n) is 6.58. The van der Waals surface area contributed by atoms with Crippen molar-refractivity contribution in [1.82, 2.24) is 19.3 Å². The molecule has 0 unspecified atom stereocenters. The van der Waals surface area contributed by atoms with E-state index >= 15 is 0 Å². The van der Waals surface area contributed by atoms with Gasteiger partial charge in [0.15, 0.2) is 5.82 Å². The van der Waals surface area contributed by atoms with Crippen LogP contribution in [0.1, 0.15) is 45.5 Å². The Morgan fingerprint density at radius 3 is 2.19 bits per heavy atom. The number of piperazine rings is 1. The van der Waals surface area contributed by atoms with Gasteiger partial charge in [-0.1, -0.05) is 25.9 Å². The first-order chi connectivity index (χ1) is 9.59. The van der Waals surface area contributed by atoms with Crippen molar-refractivity contribution < 1.29 is 12.9 Å². The van der Waals surface area contributed by atoms with Gasteiger partial charge in [0, 0.05) is 31.6 Å². The molecule has 1 atom stereocenters. The largest absolute Gasteiger partial charge is 0.338 e. The van der Waals surface area contributed by atoms with E-state index in [-0.39, 0.29) is 11.5 Å². The molecule has 2 heterocycles. The normalized spacial score (nSPS) is 20.6. The van der Waals surface area contributed by atoms with Crippen molar-refractivity contribution in [3.8, 4) is 0 Å². The van der Waals surface area contributed by atoms with Gasteiger partial charge in [0.1, 0.15) is 0 Å². The average Bonchev–Trinajstić information content (AvgIpc) is 2.86. The lowest BCUT2D eigenvalue weighted by atomic mass is 9.96. The van der Waals surface area contributed by atoms with Crippen molar-refractivity contribution >= 4 is 10.0 Å². The quantitative estimate of drug-likeness (QED) is 0.828. The lowest BCUT2D eigenvalue weighted by molar-refractivity contribution is 0.124. The molecule has 0 N–H and O–H groups in total. The number of aromatic nitrogens is 2. The minimum absolute atomic E-state index is 0.00434. The van der Waals surface area contributed by atoms with Gasteiger partial charge >= 0.3 is 0 Å². The summed E-state index contributed by atoms with van der Waals surface area (Å²) in [6.45, 7) is 10.5. The Kier molecular flexibility index (Phi) is 4.41. The van der Waals surface area contributed by atoms with Gasteiger partial charge in [-0.25, -0.2) is 8.42 Å². The predicted octanol–water partition coefficient (Wildman–Crippen LogP) is 1.01. The van der Waals surface area contributed by atoms with Crippen molar-refractivity contribution in [3.05, 3.63) is 11.7 Å².